The van der Waals surface area contributed by atoms with Crippen LogP contribution in [0, 0.1) is 6.92 Å². The largest absolute Gasteiger partial charge is 0.481 e. The topological polar surface area (TPSA) is 62.2 Å². The minimum Gasteiger partial charge on any atom is -0.481 e. The van der Waals surface area contributed by atoms with Crippen LogP contribution in [0.3, 0.4) is 0 Å². The van der Waals surface area contributed by atoms with E-state index in [0.29, 0.717) is 0 Å². The maximum Gasteiger partial charge on any atom is 0.305 e. The van der Waals surface area contributed by atoms with Crippen LogP contribution >= 0.6 is 0 Å². The van der Waals surface area contributed by atoms with Gasteiger partial charge in [0.1, 0.15) is 0 Å². The maximum absolute atomic E-state index is 10.7. The fourth-order valence-corrected chi connectivity index (χ4v) is 2.01. The number of pyridine rings is 1. The Morgan fingerprint density at radius 1 is 1.44 bits per heavy atom. The van der Waals surface area contributed by atoms with Gasteiger partial charge >= 0.3 is 5.97 Å². The highest BCUT2D eigenvalue weighted by Crippen LogP contribution is 2.23. The Hall–Kier alpha value is -2.10. The third-order valence-corrected chi connectivity index (χ3v) is 2.73. The zero-order valence-electron chi connectivity index (χ0n) is 10.5. The molecule has 2 N–H and O–H groups in total. The molecule has 1 atom stereocenters. The van der Waals surface area contributed by atoms with Crippen molar-refractivity contribution in [3.63, 3.8) is 0 Å². The molecule has 1 heterocycles. The highest BCUT2D eigenvalue weighted by molar-refractivity contribution is 5.91. The summed E-state index contributed by atoms with van der Waals surface area (Å²) in [6, 6.07) is 9.66. The number of carboxylic acids is 1. The number of hydrogen-bond donors (Lipinski definition) is 2. The van der Waals surface area contributed by atoms with E-state index in [4.69, 9.17) is 5.11 Å². The van der Waals surface area contributed by atoms with E-state index in [-0.39, 0.29) is 12.5 Å². The zero-order valence-corrected chi connectivity index (χ0v) is 10.5. The molecule has 4 nitrogen and oxygen atoms in total. The molecular formula is C14H16N2O2. The highest BCUT2D eigenvalue weighted by Gasteiger charge is 2.10. The minimum absolute atomic E-state index is 0.0930. The smallest absolute Gasteiger partial charge is 0.305 e. The van der Waals surface area contributed by atoms with Crippen molar-refractivity contribution in [2.75, 3.05) is 5.32 Å². The first-order valence-electron chi connectivity index (χ1n) is 5.91. The van der Waals surface area contributed by atoms with Crippen LogP contribution in [-0.4, -0.2) is 22.1 Å². The van der Waals surface area contributed by atoms with Crippen molar-refractivity contribution in [3.05, 3.63) is 36.0 Å². The van der Waals surface area contributed by atoms with Gasteiger partial charge in [-0.1, -0.05) is 18.2 Å². The second-order valence-electron chi connectivity index (χ2n) is 4.47. The Bertz CT molecular complexity index is 581. The summed E-state index contributed by atoms with van der Waals surface area (Å²) < 4.78 is 0. The molecule has 0 spiro atoms. The summed E-state index contributed by atoms with van der Waals surface area (Å²) in [6.45, 7) is 3.79. The van der Waals surface area contributed by atoms with Gasteiger partial charge in [-0.25, -0.2) is 0 Å². The molecule has 0 amide bonds. The molecule has 1 aromatic carbocycles. The van der Waals surface area contributed by atoms with Crippen molar-refractivity contribution in [1.82, 2.24) is 4.98 Å². The molecule has 0 saturated carbocycles. The Labute approximate surface area is 106 Å². The van der Waals surface area contributed by atoms with Gasteiger partial charge in [0.05, 0.1) is 11.9 Å². The number of nitrogens with one attached hydrogen (secondary N) is 1. The maximum atomic E-state index is 10.7. The Morgan fingerprint density at radius 3 is 2.89 bits per heavy atom. The molecule has 1 aromatic heterocycles. The van der Waals surface area contributed by atoms with Crippen molar-refractivity contribution in [3.8, 4) is 0 Å². The van der Waals surface area contributed by atoms with Gasteiger partial charge in [0.25, 0.3) is 0 Å². The lowest BCUT2D eigenvalue weighted by Crippen LogP contribution is -2.19. The first-order chi connectivity index (χ1) is 8.56. The molecular weight excluding hydrogens is 228 g/mol. The van der Waals surface area contributed by atoms with Gasteiger partial charge in [-0.15, -0.1) is 0 Å². The van der Waals surface area contributed by atoms with E-state index in [2.05, 4.69) is 10.3 Å². The molecule has 0 saturated heterocycles. The number of benzene rings is 1. The van der Waals surface area contributed by atoms with Crippen molar-refractivity contribution in [2.24, 2.45) is 0 Å². The molecule has 94 valence electrons. The second-order valence-corrected chi connectivity index (χ2v) is 4.47. The zero-order chi connectivity index (χ0) is 13.1. The number of para-hydroxylation sites is 1. The van der Waals surface area contributed by atoms with Crippen LogP contribution in [0.2, 0.25) is 0 Å². The second kappa shape index (κ2) is 5.04. The van der Waals surface area contributed by atoms with E-state index in [1.807, 2.05) is 44.2 Å². The molecule has 18 heavy (non-hydrogen) atoms. The van der Waals surface area contributed by atoms with E-state index in [0.717, 1.165) is 22.3 Å². The number of aryl methyl sites for hydroxylation is 1. The molecule has 2 aromatic rings. The first-order valence-corrected chi connectivity index (χ1v) is 5.91. The van der Waals surface area contributed by atoms with Gasteiger partial charge in [-0.2, -0.15) is 0 Å². The monoisotopic (exact) mass is 244 g/mol. The lowest BCUT2D eigenvalue weighted by atomic mass is 10.1. The molecule has 0 aliphatic heterocycles. The molecule has 0 bridgehead atoms. The van der Waals surface area contributed by atoms with Crippen LogP contribution in [-0.2, 0) is 4.79 Å². The van der Waals surface area contributed by atoms with Crippen LogP contribution < -0.4 is 5.32 Å². The Kier molecular flexibility index (Phi) is 3.46. The third kappa shape index (κ3) is 2.77. The average molecular weight is 244 g/mol. The predicted molar refractivity (Wildman–Crippen MR) is 71.8 cm³/mol. The van der Waals surface area contributed by atoms with Gasteiger partial charge < -0.3 is 10.4 Å². The summed E-state index contributed by atoms with van der Waals surface area (Å²) >= 11 is 0. The number of aromatic nitrogens is 1. The normalized spacial score (nSPS) is 12.3. The van der Waals surface area contributed by atoms with Crippen LogP contribution in [0.5, 0.6) is 0 Å². The van der Waals surface area contributed by atoms with Gasteiger partial charge in [-0.3, -0.25) is 9.78 Å². The third-order valence-electron chi connectivity index (χ3n) is 2.73. The number of carboxylic acid groups (broad SMARTS) is 1. The van der Waals surface area contributed by atoms with E-state index in [1.165, 1.54) is 0 Å². The van der Waals surface area contributed by atoms with Gasteiger partial charge in [0.2, 0.25) is 0 Å². The van der Waals surface area contributed by atoms with Crippen LogP contribution in [0.15, 0.2) is 30.3 Å². The number of anilines is 1. The quantitative estimate of drug-likeness (QED) is 0.868. The number of hydrogen-bond acceptors (Lipinski definition) is 3. The first kappa shape index (κ1) is 12.4. The van der Waals surface area contributed by atoms with E-state index >= 15 is 0 Å². The SMILES string of the molecule is Cc1cc(NC(C)CC(=O)O)c2ccccc2n1. The fraction of sp³-hybridized carbons (Fsp3) is 0.286. The number of aliphatic carboxylic acids is 1. The standard InChI is InChI=1S/C14H16N2O2/c1-9-7-13(16-10(2)8-14(17)18)11-5-3-4-6-12(11)15-9/h3-7,10H,8H2,1-2H3,(H,15,16)(H,17,18). The summed E-state index contributed by atoms with van der Waals surface area (Å²) in [4.78, 5) is 15.1. The number of nitrogens with zero attached hydrogens (tertiary/aromatic N) is 1. The molecule has 0 radical (unpaired) electrons. The van der Waals surface area contributed by atoms with Gasteiger partial charge in [0.15, 0.2) is 0 Å². The van der Waals surface area contributed by atoms with Crippen molar-refractivity contribution >= 4 is 22.6 Å². The molecule has 0 aliphatic carbocycles. The summed E-state index contributed by atoms with van der Waals surface area (Å²) in [7, 11) is 0. The number of fused-ring (bicyclic) bond motifs is 1. The lowest BCUT2D eigenvalue weighted by molar-refractivity contribution is -0.137. The summed E-state index contributed by atoms with van der Waals surface area (Å²) in [6.07, 6.45) is 0.0930. The van der Waals surface area contributed by atoms with Crippen LogP contribution in [0.1, 0.15) is 19.0 Å². The van der Waals surface area contributed by atoms with Crippen LogP contribution in [0.4, 0.5) is 5.69 Å². The van der Waals surface area contributed by atoms with Gasteiger partial charge in [-0.05, 0) is 26.0 Å². The number of rotatable bonds is 4. The van der Waals surface area contributed by atoms with Crippen LogP contribution in [0.25, 0.3) is 10.9 Å². The molecule has 2 rings (SSSR count). The molecule has 0 aliphatic rings. The highest BCUT2D eigenvalue weighted by atomic mass is 16.4. The lowest BCUT2D eigenvalue weighted by Gasteiger charge is -2.15. The number of carbonyl (C=O) groups is 1. The predicted octanol–water partition coefficient (Wildman–Crippen LogP) is 2.82. The van der Waals surface area contributed by atoms with E-state index in [9.17, 15) is 4.79 Å². The van der Waals surface area contributed by atoms with Crippen molar-refractivity contribution in [1.29, 1.82) is 0 Å². The Balaban J connectivity index is 2.35. The molecule has 0 fully saturated rings. The summed E-state index contributed by atoms with van der Waals surface area (Å²) in [5.74, 6) is -0.801. The summed E-state index contributed by atoms with van der Waals surface area (Å²) in [5, 5.41) is 13.0. The summed E-state index contributed by atoms with van der Waals surface area (Å²) in [5.41, 5.74) is 2.77. The average Bonchev–Trinajstić information content (AvgIpc) is 2.27. The van der Waals surface area contributed by atoms with Gasteiger partial charge in [0, 0.05) is 22.8 Å². The van der Waals surface area contributed by atoms with Crippen molar-refractivity contribution < 1.29 is 9.90 Å². The molecule has 4 heteroatoms. The fourth-order valence-electron chi connectivity index (χ4n) is 2.01. The minimum atomic E-state index is -0.801. The Morgan fingerprint density at radius 2 is 2.17 bits per heavy atom. The molecule has 1 unspecified atom stereocenters. The van der Waals surface area contributed by atoms with Crippen molar-refractivity contribution in [2.45, 2.75) is 26.3 Å². The van der Waals surface area contributed by atoms with E-state index < -0.39 is 5.97 Å². The van der Waals surface area contributed by atoms with E-state index in [1.54, 1.807) is 0 Å².